The predicted octanol–water partition coefficient (Wildman–Crippen LogP) is 2.76. The number of aromatic nitrogens is 2. The summed E-state index contributed by atoms with van der Waals surface area (Å²) >= 11 is 0. The van der Waals surface area contributed by atoms with E-state index in [4.69, 9.17) is 9.47 Å². The molecule has 1 aromatic carbocycles. The smallest absolute Gasteiger partial charge is 0.339 e. The van der Waals surface area contributed by atoms with Crippen LogP contribution in [0.15, 0.2) is 30.3 Å². The van der Waals surface area contributed by atoms with E-state index in [1.54, 1.807) is 25.3 Å². The average Bonchev–Trinajstić information content (AvgIpc) is 2.58. The van der Waals surface area contributed by atoms with Crippen molar-refractivity contribution in [2.75, 3.05) is 38.0 Å². The molecule has 1 heterocycles. The molecule has 7 nitrogen and oxygen atoms in total. The second kappa shape index (κ2) is 8.83. The molecule has 128 valence electrons. The Balaban J connectivity index is 2.15. The molecule has 0 saturated carbocycles. The first-order valence-electron chi connectivity index (χ1n) is 7.67. The van der Waals surface area contributed by atoms with Gasteiger partial charge in [0.2, 0.25) is 5.95 Å². The van der Waals surface area contributed by atoms with Crippen molar-refractivity contribution in [3.63, 3.8) is 0 Å². The van der Waals surface area contributed by atoms with E-state index < -0.39 is 5.97 Å². The number of rotatable bonds is 8. The highest BCUT2D eigenvalue weighted by Crippen LogP contribution is 2.21. The van der Waals surface area contributed by atoms with Crippen molar-refractivity contribution < 1.29 is 14.3 Å². The van der Waals surface area contributed by atoms with Crippen molar-refractivity contribution in [2.24, 2.45) is 0 Å². The number of benzene rings is 1. The van der Waals surface area contributed by atoms with Gasteiger partial charge in [-0.3, -0.25) is 0 Å². The molecule has 0 unspecified atom stereocenters. The maximum atomic E-state index is 11.8. The summed E-state index contributed by atoms with van der Waals surface area (Å²) in [6.45, 7) is 3.28. The Morgan fingerprint density at radius 1 is 1.21 bits per heavy atom. The van der Waals surface area contributed by atoms with Crippen LogP contribution in [0.25, 0.3) is 0 Å². The lowest BCUT2D eigenvalue weighted by atomic mass is 10.2. The van der Waals surface area contributed by atoms with E-state index in [1.165, 1.54) is 7.11 Å². The molecule has 2 aromatic rings. The van der Waals surface area contributed by atoms with Crippen molar-refractivity contribution >= 4 is 23.4 Å². The minimum atomic E-state index is -0.401. The highest BCUT2D eigenvalue weighted by atomic mass is 16.5. The highest BCUT2D eigenvalue weighted by Gasteiger charge is 2.12. The van der Waals surface area contributed by atoms with E-state index in [9.17, 15) is 4.79 Å². The molecule has 0 aliphatic carbocycles. The van der Waals surface area contributed by atoms with Crippen LogP contribution < -0.4 is 10.6 Å². The molecule has 2 rings (SSSR count). The van der Waals surface area contributed by atoms with Crippen LogP contribution in [0.2, 0.25) is 0 Å². The maximum Gasteiger partial charge on any atom is 0.339 e. The van der Waals surface area contributed by atoms with Gasteiger partial charge in [-0.25, -0.2) is 9.78 Å². The molecular formula is C17H22N4O3. The summed E-state index contributed by atoms with van der Waals surface area (Å²) in [5.74, 6) is 0.735. The fourth-order valence-corrected chi connectivity index (χ4v) is 2.15. The summed E-state index contributed by atoms with van der Waals surface area (Å²) in [5.41, 5.74) is 1.90. The Labute approximate surface area is 141 Å². The molecular weight excluding hydrogens is 308 g/mol. The third kappa shape index (κ3) is 4.92. The minimum absolute atomic E-state index is 0.401. The Bertz CT molecular complexity index is 691. The first kappa shape index (κ1) is 17.7. The van der Waals surface area contributed by atoms with Crippen LogP contribution in [0.4, 0.5) is 17.5 Å². The average molecular weight is 330 g/mol. The molecule has 0 bridgehead atoms. The topological polar surface area (TPSA) is 85.4 Å². The Morgan fingerprint density at radius 3 is 2.75 bits per heavy atom. The normalized spacial score (nSPS) is 10.3. The first-order chi connectivity index (χ1) is 11.6. The summed E-state index contributed by atoms with van der Waals surface area (Å²) in [7, 11) is 3.03. The molecule has 0 amide bonds. The number of carbonyl (C=O) groups is 1. The second-order valence-corrected chi connectivity index (χ2v) is 5.15. The zero-order chi connectivity index (χ0) is 17.4. The van der Waals surface area contributed by atoms with Gasteiger partial charge in [-0.1, -0.05) is 12.1 Å². The van der Waals surface area contributed by atoms with Gasteiger partial charge in [0.1, 0.15) is 5.82 Å². The van der Waals surface area contributed by atoms with Crippen LogP contribution in [0, 0.1) is 6.92 Å². The van der Waals surface area contributed by atoms with Gasteiger partial charge in [0, 0.05) is 32.0 Å². The standard InChI is InChI=1S/C17H22N4O3/c1-12-11-15(21-17(19-12)18-9-6-10-23-2)20-14-8-5-4-7-13(14)16(22)24-3/h4-5,7-8,11H,6,9-10H2,1-3H3,(H2,18,19,20,21). The van der Waals surface area contributed by atoms with Crippen molar-refractivity contribution in [1.82, 2.24) is 9.97 Å². The summed E-state index contributed by atoms with van der Waals surface area (Å²) in [6, 6.07) is 8.94. The number of nitrogens with zero attached hydrogens (tertiary/aromatic N) is 2. The van der Waals surface area contributed by atoms with Gasteiger partial charge in [0.15, 0.2) is 0 Å². The molecule has 0 spiro atoms. The predicted molar refractivity (Wildman–Crippen MR) is 92.8 cm³/mol. The van der Waals surface area contributed by atoms with E-state index in [2.05, 4.69) is 20.6 Å². The third-order valence-corrected chi connectivity index (χ3v) is 3.26. The lowest BCUT2D eigenvalue weighted by molar-refractivity contribution is 0.0602. The Kier molecular flexibility index (Phi) is 6.51. The SMILES string of the molecule is COCCCNc1nc(C)cc(Nc2ccccc2C(=O)OC)n1. The van der Waals surface area contributed by atoms with Crippen LogP contribution in [-0.4, -0.2) is 43.3 Å². The lowest BCUT2D eigenvalue weighted by Crippen LogP contribution is -2.10. The van der Waals surface area contributed by atoms with E-state index in [0.29, 0.717) is 29.6 Å². The van der Waals surface area contributed by atoms with E-state index in [0.717, 1.165) is 18.7 Å². The van der Waals surface area contributed by atoms with Crippen molar-refractivity contribution in [2.45, 2.75) is 13.3 Å². The molecule has 0 saturated heterocycles. The number of esters is 1. The number of ether oxygens (including phenoxy) is 2. The molecule has 0 aliphatic rings. The maximum absolute atomic E-state index is 11.8. The Morgan fingerprint density at radius 2 is 2.00 bits per heavy atom. The highest BCUT2D eigenvalue weighted by molar-refractivity contribution is 5.96. The van der Waals surface area contributed by atoms with Crippen molar-refractivity contribution in [3.8, 4) is 0 Å². The summed E-state index contributed by atoms with van der Waals surface area (Å²) < 4.78 is 9.82. The molecule has 2 N–H and O–H groups in total. The quantitative estimate of drug-likeness (QED) is 0.568. The zero-order valence-corrected chi connectivity index (χ0v) is 14.1. The van der Waals surface area contributed by atoms with Crippen LogP contribution in [0.3, 0.4) is 0 Å². The molecule has 0 atom stereocenters. The number of para-hydroxylation sites is 1. The van der Waals surface area contributed by atoms with Gasteiger partial charge in [-0.2, -0.15) is 4.98 Å². The fraction of sp³-hybridized carbons (Fsp3) is 0.353. The van der Waals surface area contributed by atoms with E-state index >= 15 is 0 Å². The largest absolute Gasteiger partial charge is 0.465 e. The van der Waals surface area contributed by atoms with Gasteiger partial charge in [0.25, 0.3) is 0 Å². The molecule has 1 aromatic heterocycles. The zero-order valence-electron chi connectivity index (χ0n) is 14.1. The van der Waals surface area contributed by atoms with Crippen LogP contribution in [-0.2, 0) is 9.47 Å². The van der Waals surface area contributed by atoms with E-state index in [-0.39, 0.29) is 0 Å². The first-order valence-corrected chi connectivity index (χ1v) is 7.67. The monoisotopic (exact) mass is 330 g/mol. The molecule has 0 fully saturated rings. The van der Waals surface area contributed by atoms with Gasteiger partial charge in [-0.15, -0.1) is 0 Å². The van der Waals surface area contributed by atoms with Crippen molar-refractivity contribution in [1.29, 1.82) is 0 Å². The summed E-state index contributed by atoms with van der Waals surface area (Å²) in [6.07, 6.45) is 0.863. The molecule has 7 heteroatoms. The van der Waals surface area contributed by atoms with Crippen LogP contribution >= 0.6 is 0 Å². The van der Waals surface area contributed by atoms with Crippen LogP contribution in [0.1, 0.15) is 22.5 Å². The minimum Gasteiger partial charge on any atom is -0.465 e. The van der Waals surface area contributed by atoms with Crippen LogP contribution in [0.5, 0.6) is 0 Å². The van der Waals surface area contributed by atoms with Gasteiger partial charge in [0.05, 0.1) is 18.4 Å². The molecule has 0 radical (unpaired) electrons. The van der Waals surface area contributed by atoms with E-state index in [1.807, 2.05) is 19.1 Å². The number of hydrogen-bond acceptors (Lipinski definition) is 7. The van der Waals surface area contributed by atoms with Gasteiger partial charge < -0.3 is 20.1 Å². The lowest BCUT2D eigenvalue weighted by Gasteiger charge is -2.12. The number of hydrogen-bond donors (Lipinski definition) is 2. The number of nitrogens with one attached hydrogen (secondary N) is 2. The second-order valence-electron chi connectivity index (χ2n) is 5.15. The van der Waals surface area contributed by atoms with Crippen molar-refractivity contribution in [3.05, 3.63) is 41.6 Å². The molecule has 0 aliphatic heterocycles. The third-order valence-electron chi connectivity index (χ3n) is 3.26. The van der Waals surface area contributed by atoms with Gasteiger partial charge in [-0.05, 0) is 25.5 Å². The fourth-order valence-electron chi connectivity index (χ4n) is 2.15. The number of aryl methyl sites for hydroxylation is 1. The number of anilines is 3. The molecule has 24 heavy (non-hydrogen) atoms. The summed E-state index contributed by atoms with van der Waals surface area (Å²) in [5, 5.41) is 6.32. The Hall–Kier alpha value is -2.67. The summed E-state index contributed by atoms with van der Waals surface area (Å²) in [4.78, 5) is 20.6. The van der Waals surface area contributed by atoms with Gasteiger partial charge >= 0.3 is 5.97 Å². The number of carbonyl (C=O) groups excluding carboxylic acids is 1. The number of methoxy groups -OCH3 is 2.